The summed E-state index contributed by atoms with van der Waals surface area (Å²) in [6, 6.07) is 0. The quantitative estimate of drug-likeness (QED) is 0.357. The predicted molar refractivity (Wildman–Crippen MR) is 30.2 cm³/mol. The van der Waals surface area contributed by atoms with Gasteiger partial charge in [0.1, 0.15) is 7.72 Å². The molecule has 0 saturated heterocycles. The van der Waals surface area contributed by atoms with Gasteiger partial charge in [0, 0.05) is 12.3 Å². The highest BCUT2D eigenvalue weighted by Gasteiger charge is 2.20. The normalized spacial score (nSPS) is 26.0. The van der Waals surface area contributed by atoms with E-state index in [4.69, 9.17) is 9.79 Å². The Labute approximate surface area is 43.0 Å². The minimum absolute atomic E-state index is 0.493. The van der Waals surface area contributed by atoms with Crippen molar-refractivity contribution >= 4 is 7.72 Å². The zero-order valence-electron chi connectivity index (χ0n) is 3.91. The van der Waals surface area contributed by atoms with E-state index in [1.807, 2.05) is 12.2 Å². The van der Waals surface area contributed by atoms with Crippen LogP contribution >= 0.6 is 7.72 Å². The van der Waals surface area contributed by atoms with Gasteiger partial charge in [-0.3, -0.25) is 0 Å². The summed E-state index contributed by atoms with van der Waals surface area (Å²) in [6.45, 7) is 0. The highest BCUT2D eigenvalue weighted by molar-refractivity contribution is 7.65. The van der Waals surface area contributed by atoms with Gasteiger partial charge < -0.3 is 9.79 Å². The fourth-order valence-corrected chi connectivity index (χ4v) is 1.68. The lowest BCUT2D eigenvalue weighted by Crippen LogP contribution is -1.89. The number of hydrogen-bond acceptors (Lipinski definition) is 2. The van der Waals surface area contributed by atoms with E-state index in [2.05, 4.69) is 0 Å². The number of hydrogen-bond donors (Lipinski definition) is 2. The summed E-state index contributed by atoms with van der Waals surface area (Å²) in [4.78, 5) is 17.6. The molecule has 0 unspecified atom stereocenters. The van der Waals surface area contributed by atoms with Crippen LogP contribution in [0.2, 0.25) is 0 Å². The van der Waals surface area contributed by atoms with E-state index in [0.29, 0.717) is 12.3 Å². The van der Waals surface area contributed by atoms with Crippen molar-refractivity contribution in [2.75, 3.05) is 12.3 Å². The van der Waals surface area contributed by atoms with Gasteiger partial charge >= 0.3 is 0 Å². The Morgan fingerprint density at radius 3 is 1.71 bits per heavy atom. The summed E-state index contributed by atoms with van der Waals surface area (Å²) in [5.74, 6) is 0. The van der Waals surface area contributed by atoms with Gasteiger partial charge in [-0.25, -0.2) is 0 Å². The van der Waals surface area contributed by atoms with E-state index in [0.717, 1.165) is 0 Å². The van der Waals surface area contributed by atoms with Gasteiger partial charge in [-0.1, -0.05) is 12.2 Å². The SMILES string of the molecule is O[P]1(O)CC=CC1. The molecule has 3 heteroatoms. The molecule has 1 rings (SSSR count). The van der Waals surface area contributed by atoms with Crippen molar-refractivity contribution in [1.82, 2.24) is 0 Å². The molecule has 0 aromatic rings. The first kappa shape index (κ1) is 5.23. The van der Waals surface area contributed by atoms with Crippen molar-refractivity contribution in [2.45, 2.75) is 0 Å². The molecule has 1 radical (unpaired) electrons. The Bertz CT molecular complexity index is 87.9. The molecule has 1 heterocycles. The topological polar surface area (TPSA) is 40.5 Å². The minimum atomic E-state index is -2.40. The van der Waals surface area contributed by atoms with E-state index in [9.17, 15) is 0 Å². The molecule has 2 nitrogen and oxygen atoms in total. The lowest BCUT2D eigenvalue weighted by Gasteiger charge is -2.13. The van der Waals surface area contributed by atoms with Crippen LogP contribution in [-0.4, -0.2) is 22.1 Å². The number of rotatable bonds is 0. The standard InChI is InChI=1S/C4H8O2P/c5-7(6)3-1-2-4-7/h1-2,5-6H,3-4H2. The van der Waals surface area contributed by atoms with Crippen LogP contribution in [0.4, 0.5) is 0 Å². The van der Waals surface area contributed by atoms with Crippen LogP contribution in [0.15, 0.2) is 12.2 Å². The highest BCUT2D eigenvalue weighted by Crippen LogP contribution is 2.52. The summed E-state index contributed by atoms with van der Waals surface area (Å²) >= 11 is 0. The molecule has 0 bridgehead atoms. The summed E-state index contributed by atoms with van der Waals surface area (Å²) in [7, 11) is -2.40. The third-order valence-electron chi connectivity index (χ3n) is 0.962. The summed E-state index contributed by atoms with van der Waals surface area (Å²) in [6.07, 6.45) is 4.61. The van der Waals surface area contributed by atoms with Crippen LogP contribution in [-0.2, 0) is 0 Å². The van der Waals surface area contributed by atoms with Gasteiger partial charge in [-0.2, -0.15) is 0 Å². The van der Waals surface area contributed by atoms with Gasteiger partial charge in [0.15, 0.2) is 0 Å². The zero-order valence-corrected chi connectivity index (χ0v) is 4.80. The van der Waals surface area contributed by atoms with Crippen molar-refractivity contribution < 1.29 is 9.79 Å². The third kappa shape index (κ3) is 1.23. The van der Waals surface area contributed by atoms with Crippen molar-refractivity contribution in [3.63, 3.8) is 0 Å². The van der Waals surface area contributed by atoms with Crippen molar-refractivity contribution in [3.05, 3.63) is 12.2 Å². The molecular weight excluding hydrogens is 111 g/mol. The first-order chi connectivity index (χ1) is 3.21. The van der Waals surface area contributed by atoms with Crippen molar-refractivity contribution in [2.24, 2.45) is 0 Å². The van der Waals surface area contributed by atoms with Gasteiger partial charge in [0.2, 0.25) is 0 Å². The van der Waals surface area contributed by atoms with Gasteiger partial charge in [0.25, 0.3) is 0 Å². The molecule has 0 aromatic heterocycles. The zero-order chi connectivity index (χ0) is 5.33. The maximum atomic E-state index is 8.80. The lowest BCUT2D eigenvalue weighted by atomic mass is 10.6. The molecule has 0 aromatic carbocycles. The van der Waals surface area contributed by atoms with E-state index >= 15 is 0 Å². The second-order valence-electron chi connectivity index (χ2n) is 1.72. The molecule has 0 spiro atoms. The molecule has 0 aliphatic carbocycles. The average Bonchev–Trinajstić information content (AvgIpc) is 1.84. The highest BCUT2D eigenvalue weighted by atomic mass is 31.2. The van der Waals surface area contributed by atoms with Gasteiger partial charge in [-0.05, 0) is 0 Å². The van der Waals surface area contributed by atoms with E-state index < -0.39 is 7.72 Å². The summed E-state index contributed by atoms with van der Waals surface area (Å²) < 4.78 is 0. The van der Waals surface area contributed by atoms with Crippen molar-refractivity contribution in [1.29, 1.82) is 0 Å². The molecule has 0 fully saturated rings. The molecule has 41 valence electrons. The largest absolute Gasteiger partial charge is 0.355 e. The Morgan fingerprint density at radius 2 is 1.57 bits per heavy atom. The molecule has 1 aliphatic heterocycles. The summed E-state index contributed by atoms with van der Waals surface area (Å²) in [5, 5.41) is 0. The van der Waals surface area contributed by atoms with Gasteiger partial charge in [0.05, 0.1) is 0 Å². The van der Waals surface area contributed by atoms with E-state index in [1.165, 1.54) is 0 Å². The van der Waals surface area contributed by atoms with Crippen LogP contribution in [0.25, 0.3) is 0 Å². The molecular formula is C4H8O2P. The van der Waals surface area contributed by atoms with Crippen LogP contribution in [0, 0.1) is 0 Å². The molecule has 2 N–H and O–H groups in total. The maximum absolute atomic E-state index is 8.80. The smallest absolute Gasteiger partial charge is 0.103 e. The van der Waals surface area contributed by atoms with Crippen molar-refractivity contribution in [3.8, 4) is 0 Å². The monoisotopic (exact) mass is 119 g/mol. The Balaban J connectivity index is 2.49. The number of allylic oxidation sites excluding steroid dienone is 2. The molecule has 1 aliphatic rings. The predicted octanol–water partition coefficient (Wildman–Crippen LogP) is 0.388. The second kappa shape index (κ2) is 1.55. The second-order valence-corrected chi connectivity index (χ2v) is 4.20. The van der Waals surface area contributed by atoms with E-state index in [-0.39, 0.29) is 0 Å². The fourth-order valence-electron chi connectivity index (χ4n) is 0.561. The molecule has 0 amide bonds. The summed E-state index contributed by atoms with van der Waals surface area (Å²) in [5.41, 5.74) is 0. The van der Waals surface area contributed by atoms with Crippen LogP contribution < -0.4 is 0 Å². The molecule has 0 saturated carbocycles. The first-order valence-electron chi connectivity index (χ1n) is 2.18. The van der Waals surface area contributed by atoms with Crippen LogP contribution in [0.1, 0.15) is 0 Å². The van der Waals surface area contributed by atoms with Crippen LogP contribution in [0.3, 0.4) is 0 Å². The Hall–Kier alpha value is 0.0900. The fraction of sp³-hybridized carbons (Fsp3) is 0.500. The Kier molecular flexibility index (Phi) is 1.16. The lowest BCUT2D eigenvalue weighted by molar-refractivity contribution is 0.460. The van der Waals surface area contributed by atoms with Crippen LogP contribution in [0.5, 0.6) is 0 Å². The Morgan fingerprint density at radius 1 is 1.14 bits per heavy atom. The third-order valence-corrected chi connectivity index (χ3v) is 2.55. The molecule has 7 heavy (non-hydrogen) atoms. The first-order valence-corrected chi connectivity index (χ1v) is 4.25. The average molecular weight is 119 g/mol. The molecule has 0 atom stereocenters. The van der Waals surface area contributed by atoms with E-state index in [1.54, 1.807) is 0 Å². The van der Waals surface area contributed by atoms with Gasteiger partial charge in [-0.15, -0.1) is 0 Å². The maximum Gasteiger partial charge on any atom is 0.103 e. The minimum Gasteiger partial charge on any atom is -0.355 e.